The molecule has 8 nitrogen and oxygen atoms in total. The number of anilines is 1. The fourth-order valence-electron chi connectivity index (χ4n) is 4.71. The Morgan fingerprint density at radius 3 is 2.69 bits per heavy atom. The summed E-state index contributed by atoms with van der Waals surface area (Å²) in [6, 6.07) is 14.6. The average molecular weight is 492 g/mol. The van der Waals surface area contributed by atoms with Gasteiger partial charge in [0.1, 0.15) is 5.82 Å². The van der Waals surface area contributed by atoms with Gasteiger partial charge in [-0.05, 0) is 61.7 Å². The molecule has 4 aromatic rings. The van der Waals surface area contributed by atoms with E-state index in [0.717, 1.165) is 53.7 Å². The highest BCUT2D eigenvalue weighted by atomic mass is 32.2. The summed E-state index contributed by atoms with van der Waals surface area (Å²) in [5.41, 5.74) is 3.10. The molecule has 3 heterocycles. The number of carbonyl (C=O) groups excluding carboxylic acids is 1. The number of carbonyl (C=O) groups is 1. The average Bonchev–Trinajstić information content (AvgIpc) is 3.52. The summed E-state index contributed by atoms with van der Waals surface area (Å²) in [6.45, 7) is 3.97. The lowest BCUT2D eigenvalue weighted by molar-refractivity contribution is -0.116. The van der Waals surface area contributed by atoms with Crippen LogP contribution in [0.2, 0.25) is 0 Å². The topological polar surface area (TPSA) is 97.2 Å². The van der Waals surface area contributed by atoms with Gasteiger partial charge >= 0.3 is 0 Å². The monoisotopic (exact) mass is 491 g/mol. The Labute approximate surface area is 205 Å². The first-order valence-electron chi connectivity index (χ1n) is 12.1. The number of nitrogens with zero attached hydrogens (tertiary/aromatic N) is 4. The van der Waals surface area contributed by atoms with E-state index in [9.17, 15) is 13.2 Å². The van der Waals surface area contributed by atoms with Gasteiger partial charge in [-0.3, -0.25) is 9.78 Å². The van der Waals surface area contributed by atoms with E-state index < -0.39 is 10.0 Å². The number of hydrogen-bond acceptors (Lipinski definition) is 5. The fourth-order valence-corrected chi connectivity index (χ4v) is 6.25. The maximum absolute atomic E-state index is 13.0. The van der Waals surface area contributed by atoms with Crippen LogP contribution in [-0.4, -0.2) is 46.3 Å². The second-order valence-corrected chi connectivity index (χ2v) is 10.8. The van der Waals surface area contributed by atoms with Gasteiger partial charge in [-0.25, -0.2) is 13.4 Å². The Bertz CT molecular complexity index is 1480. The minimum Gasteiger partial charge on any atom is -0.328 e. The zero-order valence-corrected chi connectivity index (χ0v) is 20.6. The number of amides is 1. The van der Waals surface area contributed by atoms with E-state index >= 15 is 0 Å². The molecule has 1 fully saturated rings. The quantitative estimate of drug-likeness (QED) is 0.395. The van der Waals surface area contributed by atoms with Gasteiger partial charge in [0.05, 0.1) is 27.1 Å². The molecule has 0 spiro atoms. The van der Waals surface area contributed by atoms with Crippen molar-refractivity contribution in [1.29, 1.82) is 0 Å². The van der Waals surface area contributed by atoms with Crippen LogP contribution >= 0.6 is 0 Å². The SMILES string of the molecule is CCCn1c(CCC(=O)Nc2cccc3ncccc23)nc2cc(S(=O)(=O)N3CCCC3)ccc21. The number of pyridine rings is 1. The van der Waals surface area contributed by atoms with Crippen LogP contribution < -0.4 is 5.32 Å². The molecular weight excluding hydrogens is 462 g/mol. The first-order chi connectivity index (χ1) is 17.0. The van der Waals surface area contributed by atoms with E-state index in [0.29, 0.717) is 25.0 Å². The molecule has 35 heavy (non-hydrogen) atoms. The van der Waals surface area contributed by atoms with Crippen molar-refractivity contribution in [3.05, 3.63) is 60.6 Å². The summed E-state index contributed by atoms with van der Waals surface area (Å²) < 4.78 is 29.7. The third kappa shape index (κ3) is 4.66. The van der Waals surface area contributed by atoms with Gasteiger partial charge in [0.15, 0.2) is 0 Å². The number of nitrogens with one attached hydrogen (secondary N) is 1. The largest absolute Gasteiger partial charge is 0.328 e. The Morgan fingerprint density at radius 1 is 1.06 bits per heavy atom. The van der Waals surface area contributed by atoms with Gasteiger partial charge in [0, 0.05) is 44.1 Å². The third-order valence-corrected chi connectivity index (χ3v) is 8.34. The molecule has 1 aliphatic heterocycles. The first kappa shape index (κ1) is 23.4. The van der Waals surface area contributed by atoms with E-state index in [1.54, 1.807) is 22.6 Å². The molecular formula is C26H29N5O3S. The second-order valence-electron chi connectivity index (χ2n) is 8.87. The number of aromatic nitrogens is 3. The number of aryl methyl sites for hydroxylation is 2. The molecule has 0 radical (unpaired) electrons. The van der Waals surface area contributed by atoms with Crippen LogP contribution in [-0.2, 0) is 27.8 Å². The lowest BCUT2D eigenvalue weighted by atomic mass is 10.1. The minimum atomic E-state index is -3.51. The van der Waals surface area contributed by atoms with Crippen molar-refractivity contribution in [2.45, 2.75) is 50.5 Å². The molecule has 0 aliphatic carbocycles. The summed E-state index contributed by atoms with van der Waals surface area (Å²) in [7, 11) is -3.51. The van der Waals surface area contributed by atoms with Gasteiger partial charge in [-0.1, -0.05) is 13.0 Å². The highest BCUT2D eigenvalue weighted by Gasteiger charge is 2.28. The number of benzene rings is 2. The summed E-state index contributed by atoms with van der Waals surface area (Å²) in [4.78, 5) is 22.2. The maximum atomic E-state index is 13.0. The molecule has 1 saturated heterocycles. The van der Waals surface area contributed by atoms with Crippen molar-refractivity contribution < 1.29 is 13.2 Å². The van der Waals surface area contributed by atoms with Crippen molar-refractivity contribution in [3.8, 4) is 0 Å². The summed E-state index contributed by atoms with van der Waals surface area (Å²) in [5, 5.41) is 3.90. The number of sulfonamides is 1. The van der Waals surface area contributed by atoms with Crippen LogP contribution in [0.5, 0.6) is 0 Å². The Hall–Kier alpha value is -3.30. The predicted molar refractivity (Wildman–Crippen MR) is 137 cm³/mol. The molecule has 9 heteroatoms. The van der Waals surface area contributed by atoms with Crippen LogP contribution in [0.4, 0.5) is 5.69 Å². The van der Waals surface area contributed by atoms with E-state index in [4.69, 9.17) is 4.98 Å². The normalized spacial score (nSPS) is 14.7. The number of fused-ring (bicyclic) bond motifs is 2. The summed E-state index contributed by atoms with van der Waals surface area (Å²) >= 11 is 0. The minimum absolute atomic E-state index is 0.103. The molecule has 0 atom stereocenters. The molecule has 2 aromatic heterocycles. The number of hydrogen-bond donors (Lipinski definition) is 1. The molecule has 182 valence electrons. The summed E-state index contributed by atoms with van der Waals surface area (Å²) in [6.07, 6.45) is 5.15. The third-order valence-electron chi connectivity index (χ3n) is 6.44. The van der Waals surface area contributed by atoms with Crippen molar-refractivity contribution in [3.63, 3.8) is 0 Å². The molecule has 0 bridgehead atoms. The fraction of sp³-hybridized carbons (Fsp3) is 0.346. The molecule has 1 amide bonds. The van der Waals surface area contributed by atoms with Crippen LogP contribution in [0.3, 0.4) is 0 Å². The number of rotatable bonds is 8. The van der Waals surface area contributed by atoms with Crippen LogP contribution in [0.15, 0.2) is 59.6 Å². The molecule has 1 N–H and O–H groups in total. The second kappa shape index (κ2) is 9.75. The Balaban J connectivity index is 1.37. The Kier molecular flexibility index (Phi) is 6.53. The summed E-state index contributed by atoms with van der Waals surface area (Å²) in [5.74, 6) is 0.682. The van der Waals surface area contributed by atoms with E-state index in [2.05, 4.69) is 21.8 Å². The van der Waals surface area contributed by atoms with E-state index in [1.165, 1.54) is 0 Å². The zero-order chi connectivity index (χ0) is 24.4. The van der Waals surface area contributed by atoms with Gasteiger partial charge in [-0.15, -0.1) is 0 Å². The molecule has 1 aliphatic rings. The standard InChI is InChI=1S/C26H29N5O3S/c1-2-15-31-24-11-10-19(35(33,34)30-16-3-4-17-30)18-23(24)28-25(31)12-13-26(32)29-22-9-5-8-21-20(22)7-6-14-27-21/h5-11,14,18H,2-4,12-13,15-17H2,1H3,(H,29,32). The van der Waals surface area contributed by atoms with Crippen molar-refractivity contribution in [2.75, 3.05) is 18.4 Å². The predicted octanol–water partition coefficient (Wildman–Crippen LogP) is 4.35. The lowest BCUT2D eigenvalue weighted by Crippen LogP contribution is -2.27. The van der Waals surface area contributed by atoms with Crippen LogP contribution in [0, 0.1) is 0 Å². The van der Waals surface area contributed by atoms with Crippen molar-refractivity contribution in [1.82, 2.24) is 18.8 Å². The number of imidazole rings is 1. The van der Waals surface area contributed by atoms with Gasteiger partial charge in [0.25, 0.3) is 0 Å². The molecule has 5 rings (SSSR count). The van der Waals surface area contributed by atoms with E-state index in [-0.39, 0.29) is 17.2 Å². The van der Waals surface area contributed by atoms with Crippen LogP contribution in [0.1, 0.15) is 38.4 Å². The highest BCUT2D eigenvalue weighted by Crippen LogP contribution is 2.26. The van der Waals surface area contributed by atoms with Gasteiger partial charge in [0.2, 0.25) is 15.9 Å². The molecule has 2 aromatic carbocycles. The maximum Gasteiger partial charge on any atom is 0.243 e. The van der Waals surface area contributed by atoms with Gasteiger partial charge < -0.3 is 9.88 Å². The van der Waals surface area contributed by atoms with Crippen LogP contribution in [0.25, 0.3) is 21.9 Å². The highest BCUT2D eigenvalue weighted by molar-refractivity contribution is 7.89. The smallest absolute Gasteiger partial charge is 0.243 e. The zero-order valence-electron chi connectivity index (χ0n) is 19.8. The Morgan fingerprint density at radius 2 is 1.89 bits per heavy atom. The van der Waals surface area contributed by atoms with E-state index in [1.807, 2.05) is 36.4 Å². The molecule has 0 unspecified atom stereocenters. The lowest BCUT2D eigenvalue weighted by Gasteiger charge is -2.15. The van der Waals surface area contributed by atoms with Crippen molar-refractivity contribution in [2.24, 2.45) is 0 Å². The van der Waals surface area contributed by atoms with Gasteiger partial charge in [-0.2, -0.15) is 4.31 Å². The first-order valence-corrected chi connectivity index (χ1v) is 13.5. The molecule has 0 saturated carbocycles. The van der Waals surface area contributed by atoms with Crippen molar-refractivity contribution >= 4 is 43.6 Å².